The number of carboxylic acids is 1. The monoisotopic (exact) mass is 309 g/mol. The number of rotatable bonds is 6. The molecule has 0 saturated heterocycles. The van der Waals surface area contributed by atoms with E-state index in [1.807, 2.05) is 6.92 Å². The number of carboxylic acid groups (broad SMARTS) is 1. The van der Waals surface area contributed by atoms with E-state index in [9.17, 15) is 14.4 Å². The first-order valence-corrected chi connectivity index (χ1v) is 7.32. The summed E-state index contributed by atoms with van der Waals surface area (Å²) < 4.78 is 1.33. The van der Waals surface area contributed by atoms with Crippen LogP contribution in [0.15, 0.2) is 22.6 Å². The van der Waals surface area contributed by atoms with E-state index in [4.69, 9.17) is 5.11 Å². The molecule has 2 rings (SSSR count). The van der Waals surface area contributed by atoms with Crippen LogP contribution in [-0.4, -0.2) is 32.9 Å². The van der Waals surface area contributed by atoms with Crippen molar-refractivity contribution in [1.82, 2.24) is 14.7 Å². The quantitative estimate of drug-likeness (QED) is 0.828. The summed E-state index contributed by atoms with van der Waals surface area (Å²) in [6, 6.07) is 0. The van der Waals surface area contributed by atoms with E-state index < -0.39 is 17.4 Å². The fourth-order valence-electron chi connectivity index (χ4n) is 1.81. The molecule has 112 valence electrons. The second kappa shape index (κ2) is 6.49. The average molecular weight is 309 g/mol. The molecular weight excluding hydrogens is 294 g/mol. The highest BCUT2D eigenvalue weighted by Gasteiger charge is 2.14. The fraction of sp³-hybridized carbons (Fsp3) is 0.385. The largest absolute Gasteiger partial charge is 0.481 e. The summed E-state index contributed by atoms with van der Waals surface area (Å²) in [7, 11) is 0. The van der Waals surface area contributed by atoms with Crippen molar-refractivity contribution in [2.75, 3.05) is 6.54 Å². The van der Waals surface area contributed by atoms with E-state index in [-0.39, 0.29) is 17.9 Å². The molecular formula is C13H15N3O4S. The standard InChI is InChI=1S/C13H15N3O4S/c1-8(2-3-10(17)18)6-14-11(19)9-7-15-13-16(12(9)20)4-5-21-13/h4-5,7-8H,2-3,6H2,1H3,(H,14,19)(H,17,18). The molecule has 1 amide bonds. The van der Waals surface area contributed by atoms with Crippen LogP contribution in [-0.2, 0) is 4.79 Å². The molecule has 2 N–H and O–H groups in total. The minimum Gasteiger partial charge on any atom is -0.481 e. The van der Waals surface area contributed by atoms with Gasteiger partial charge in [0.05, 0.1) is 0 Å². The van der Waals surface area contributed by atoms with Gasteiger partial charge in [-0.25, -0.2) is 4.98 Å². The second-order valence-corrected chi connectivity index (χ2v) is 5.65. The minimum absolute atomic E-state index is 0.0173. The van der Waals surface area contributed by atoms with Gasteiger partial charge in [-0.2, -0.15) is 0 Å². The number of amides is 1. The molecule has 8 heteroatoms. The summed E-state index contributed by atoms with van der Waals surface area (Å²) >= 11 is 1.31. The lowest BCUT2D eigenvalue weighted by Crippen LogP contribution is -2.33. The first-order valence-electron chi connectivity index (χ1n) is 6.44. The first kappa shape index (κ1) is 15.2. The maximum atomic E-state index is 12.1. The zero-order valence-corrected chi connectivity index (χ0v) is 12.2. The van der Waals surface area contributed by atoms with Crippen LogP contribution in [0.4, 0.5) is 0 Å². The van der Waals surface area contributed by atoms with Crippen molar-refractivity contribution < 1.29 is 14.7 Å². The maximum Gasteiger partial charge on any atom is 0.303 e. The summed E-state index contributed by atoms with van der Waals surface area (Å²) in [5.41, 5.74) is -0.423. The van der Waals surface area contributed by atoms with Crippen LogP contribution in [0, 0.1) is 5.92 Å². The summed E-state index contributed by atoms with van der Waals surface area (Å²) in [4.78, 5) is 39.1. The zero-order chi connectivity index (χ0) is 15.4. The molecule has 0 aliphatic heterocycles. The van der Waals surface area contributed by atoms with Crippen molar-refractivity contribution in [2.45, 2.75) is 19.8 Å². The third-order valence-electron chi connectivity index (χ3n) is 3.05. The van der Waals surface area contributed by atoms with Gasteiger partial charge >= 0.3 is 5.97 Å². The average Bonchev–Trinajstić information content (AvgIpc) is 2.92. The van der Waals surface area contributed by atoms with E-state index in [1.165, 1.54) is 21.9 Å². The number of thiazole rings is 1. The Hall–Kier alpha value is -2.22. The normalized spacial score (nSPS) is 12.2. The topological polar surface area (TPSA) is 101 Å². The predicted molar refractivity (Wildman–Crippen MR) is 77.7 cm³/mol. The van der Waals surface area contributed by atoms with Gasteiger partial charge in [0.1, 0.15) is 5.56 Å². The van der Waals surface area contributed by atoms with Gasteiger partial charge < -0.3 is 10.4 Å². The number of nitrogens with zero attached hydrogens (tertiary/aromatic N) is 2. The summed E-state index contributed by atoms with van der Waals surface area (Å²) in [6.07, 6.45) is 3.37. The van der Waals surface area contributed by atoms with Crippen LogP contribution in [0.3, 0.4) is 0 Å². The second-order valence-electron chi connectivity index (χ2n) is 4.78. The van der Waals surface area contributed by atoms with Crippen LogP contribution in [0.25, 0.3) is 4.96 Å². The molecule has 2 aromatic heterocycles. The lowest BCUT2D eigenvalue weighted by molar-refractivity contribution is -0.137. The highest BCUT2D eigenvalue weighted by atomic mass is 32.1. The summed E-state index contributed by atoms with van der Waals surface area (Å²) in [6.45, 7) is 2.16. The Morgan fingerprint density at radius 2 is 2.29 bits per heavy atom. The van der Waals surface area contributed by atoms with Crippen molar-refractivity contribution in [2.24, 2.45) is 5.92 Å². The van der Waals surface area contributed by atoms with E-state index in [0.717, 1.165) is 0 Å². The number of carbonyl (C=O) groups excluding carboxylic acids is 1. The fourth-order valence-corrected chi connectivity index (χ4v) is 2.49. The van der Waals surface area contributed by atoms with Gasteiger partial charge in [-0.1, -0.05) is 6.92 Å². The van der Waals surface area contributed by atoms with E-state index in [2.05, 4.69) is 10.3 Å². The first-order chi connectivity index (χ1) is 9.99. The van der Waals surface area contributed by atoms with E-state index in [0.29, 0.717) is 17.9 Å². The van der Waals surface area contributed by atoms with Gasteiger partial charge in [-0.15, -0.1) is 11.3 Å². The van der Waals surface area contributed by atoms with Gasteiger partial charge in [0, 0.05) is 30.7 Å². The molecule has 0 bridgehead atoms. The molecule has 0 aromatic carbocycles. The molecule has 0 spiro atoms. The van der Waals surface area contributed by atoms with Crippen molar-refractivity contribution >= 4 is 28.2 Å². The highest BCUT2D eigenvalue weighted by Crippen LogP contribution is 2.06. The number of aromatic nitrogens is 2. The number of hydrogen-bond donors (Lipinski definition) is 2. The number of aliphatic carboxylic acids is 1. The molecule has 2 aromatic rings. The lowest BCUT2D eigenvalue weighted by Gasteiger charge is -2.11. The van der Waals surface area contributed by atoms with Gasteiger partial charge in [0.2, 0.25) is 0 Å². The Labute approximate surface area is 124 Å². The molecule has 21 heavy (non-hydrogen) atoms. The maximum absolute atomic E-state index is 12.1. The smallest absolute Gasteiger partial charge is 0.303 e. The number of carbonyl (C=O) groups is 2. The van der Waals surface area contributed by atoms with Crippen LogP contribution in [0.1, 0.15) is 30.1 Å². The van der Waals surface area contributed by atoms with Crippen LogP contribution in [0.5, 0.6) is 0 Å². The Bertz CT molecular complexity index is 722. The van der Waals surface area contributed by atoms with Gasteiger partial charge in [0.25, 0.3) is 11.5 Å². The number of nitrogens with one attached hydrogen (secondary N) is 1. The van der Waals surface area contributed by atoms with Gasteiger partial charge in [0.15, 0.2) is 4.96 Å². The number of fused-ring (bicyclic) bond motifs is 1. The lowest BCUT2D eigenvalue weighted by atomic mass is 10.1. The van der Waals surface area contributed by atoms with E-state index in [1.54, 1.807) is 11.6 Å². The van der Waals surface area contributed by atoms with Crippen molar-refractivity contribution in [1.29, 1.82) is 0 Å². The van der Waals surface area contributed by atoms with Gasteiger partial charge in [-0.3, -0.25) is 18.8 Å². The Balaban J connectivity index is 2.00. The summed E-state index contributed by atoms with van der Waals surface area (Å²) in [5, 5.41) is 13.0. The molecule has 0 aliphatic carbocycles. The van der Waals surface area contributed by atoms with Crippen LogP contribution in [0.2, 0.25) is 0 Å². The number of hydrogen-bond acceptors (Lipinski definition) is 5. The van der Waals surface area contributed by atoms with Crippen molar-refractivity contribution in [3.05, 3.63) is 33.7 Å². The molecule has 0 radical (unpaired) electrons. The third kappa shape index (κ3) is 3.66. The molecule has 2 heterocycles. The van der Waals surface area contributed by atoms with E-state index >= 15 is 0 Å². The highest BCUT2D eigenvalue weighted by molar-refractivity contribution is 7.15. The Morgan fingerprint density at radius 3 is 3.00 bits per heavy atom. The van der Waals surface area contributed by atoms with Gasteiger partial charge in [-0.05, 0) is 12.3 Å². The molecule has 1 unspecified atom stereocenters. The molecule has 0 aliphatic rings. The van der Waals surface area contributed by atoms with Crippen LogP contribution < -0.4 is 10.9 Å². The summed E-state index contributed by atoms with van der Waals surface area (Å²) in [5.74, 6) is -1.33. The zero-order valence-electron chi connectivity index (χ0n) is 11.4. The Kier molecular flexibility index (Phi) is 4.69. The minimum atomic E-state index is -0.862. The molecule has 0 fully saturated rings. The predicted octanol–water partition coefficient (Wildman–Crippen LogP) is 0.987. The molecule has 1 atom stereocenters. The van der Waals surface area contributed by atoms with Crippen molar-refractivity contribution in [3.8, 4) is 0 Å². The van der Waals surface area contributed by atoms with Crippen LogP contribution >= 0.6 is 11.3 Å². The third-order valence-corrected chi connectivity index (χ3v) is 3.82. The molecule has 0 saturated carbocycles. The van der Waals surface area contributed by atoms with Crippen molar-refractivity contribution in [3.63, 3.8) is 0 Å². The molecule has 7 nitrogen and oxygen atoms in total. The SMILES string of the molecule is CC(CCC(=O)O)CNC(=O)c1cnc2sccn2c1=O. The Morgan fingerprint density at radius 1 is 1.52 bits per heavy atom.